The van der Waals surface area contributed by atoms with Crippen molar-refractivity contribution in [1.82, 2.24) is 5.32 Å². The molecular weight excluding hydrogens is 397 g/mol. The van der Waals surface area contributed by atoms with Crippen LogP contribution in [0.25, 0.3) is 17.4 Å². The molecule has 0 unspecified atom stereocenters. The van der Waals surface area contributed by atoms with E-state index < -0.39 is 11.9 Å². The number of carboxylic acid groups (broad SMARTS) is 1. The molecule has 0 bridgehead atoms. The van der Waals surface area contributed by atoms with Crippen LogP contribution in [0.5, 0.6) is 0 Å². The van der Waals surface area contributed by atoms with Gasteiger partial charge in [0.25, 0.3) is 5.91 Å². The number of nitrogens with one attached hydrogen (secondary N) is 1. The zero-order chi connectivity index (χ0) is 18.7. The number of amides is 1. The first kappa shape index (κ1) is 18.3. The minimum absolute atomic E-state index is 0.109. The Morgan fingerprint density at radius 2 is 1.85 bits per heavy atom. The Hall–Kier alpha value is -2.54. The molecule has 0 aliphatic rings. The molecule has 26 heavy (non-hydrogen) atoms. The molecule has 0 saturated carbocycles. The molecule has 2 heterocycles. The largest absolute Gasteiger partial charge is 0.477 e. The number of furan rings is 1. The Bertz CT molecular complexity index is 992. The van der Waals surface area contributed by atoms with Crippen LogP contribution in [0.15, 0.2) is 58.6 Å². The number of aliphatic carboxylic acids is 1. The van der Waals surface area contributed by atoms with Gasteiger partial charge in [0, 0.05) is 11.6 Å². The highest BCUT2D eigenvalue weighted by Gasteiger charge is 2.18. The van der Waals surface area contributed by atoms with Gasteiger partial charge < -0.3 is 14.8 Å². The molecule has 8 heteroatoms. The zero-order valence-electron chi connectivity index (χ0n) is 13.0. The van der Waals surface area contributed by atoms with Crippen LogP contribution < -0.4 is 5.32 Å². The van der Waals surface area contributed by atoms with Crippen LogP contribution in [-0.4, -0.2) is 17.0 Å². The van der Waals surface area contributed by atoms with E-state index in [0.717, 1.165) is 16.9 Å². The quantitative estimate of drug-likeness (QED) is 0.571. The Balaban J connectivity index is 1.84. The Labute approximate surface area is 162 Å². The van der Waals surface area contributed by atoms with Gasteiger partial charge in [-0.2, -0.15) is 0 Å². The van der Waals surface area contributed by atoms with Gasteiger partial charge in [-0.05, 0) is 18.2 Å². The number of hydrogen-bond donors (Lipinski definition) is 2. The molecule has 1 aromatic carbocycles. The van der Waals surface area contributed by atoms with E-state index in [-0.39, 0.29) is 21.4 Å². The summed E-state index contributed by atoms with van der Waals surface area (Å²) in [5, 5.41) is 11.7. The summed E-state index contributed by atoms with van der Waals surface area (Å²) in [7, 11) is 0. The second-order valence-electron chi connectivity index (χ2n) is 5.12. The predicted molar refractivity (Wildman–Crippen MR) is 102 cm³/mol. The molecule has 132 valence electrons. The Morgan fingerprint density at radius 1 is 1.12 bits per heavy atom. The molecule has 0 aliphatic carbocycles. The second-order valence-corrected chi connectivity index (χ2v) is 7.41. The van der Waals surface area contributed by atoms with E-state index in [1.165, 1.54) is 12.1 Å². The topological polar surface area (TPSA) is 79.5 Å². The van der Waals surface area contributed by atoms with Crippen molar-refractivity contribution in [2.45, 2.75) is 0 Å². The Kier molecular flexibility index (Phi) is 5.46. The molecule has 5 nitrogen and oxygen atoms in total. The normalized spacial score (nSPS) is 11.4. The van der Waals surface area contributed by atoms with Crippen molar-refractivity contribution in [2.75, 3.05) is 0 Å². The fourth-order valence-corrected chi connectivity index (χ4v) is 3.62. The third-order valence-electron chi connectivity index (χ3n) is 3.35. The maximum absolute atomic E-state index is 12.2. The summed E-state index contributed by atoms with van der Waals surface area (Å²) in [6.07, 6.45) is 1.23. The predicted octanol–water partition coefficient (Wildman–Crippen LogP) is 5.17. The lowest BCUT2D eigenvalue weighted by atomic mass is 10.2. The summed E-state index contributed by atoms with van der Waals surface area (Å²) in [4.78, 5) is 23.7. The molecule has 0 saturated heterocycles. The smallest absolute Gasteiger partial charge is 0.352 e. The summed E-state index contributed by atoms with van der Waals surface area (Å²) in [5.41, 5.74) is 0.619. The summed E-state index contributed by atoms with van der Waals surface area (Å²) < 4.78 is 6.14. The molecule has 0 spiro atoms. The number of thiophene rings is 1. The highest BCUT2D eigenvalue weighted by molar-refractivity contribution is 7.20. The maximum atomic E-state index is 12.2. The van der Waals surface area contributed by atoms with E-state index in [2.05, 4.69) is 5.32 Å². The Morgan fingerprint density at radius 3 is 2.46 bits per heavy atom. The number of hydrogen-bond acceptors (Lipinski definition) is 4. The van der Waals surface area contributed by atoms with E-state index in [9.17, 15) is 14.7 Å². The lowest BCUT2D eigenvalue weighted by Gasteiger charge is -2.04. The van der Waals surface area contributed by atoms with Gasteiger partial charge in [-0.1, -0.05) is 53.5 Å². The molecule has 0 atom stereocenters. The molecule has 2 N–H and O–H groups in total. The SMILES string of the molecule is O=C(O)/C(=C/c1ccc(-c2ccccc2)o1)NC(=O)c1cc(Cl)sc1Cl. The monoisotopic (exact) mass is 407 g/mol. The fourth-order valence-electron chi connectivity index (χ4n) is 2.17. The van der Waals surface area contributed by atoms with Crippen molar-refractivity contribution in [3.05, 3.63) is 74.2 Å². The summed E-state index contributed by atoms with van der Waals surface area (Å²) in [5.74, 6) is -1.10. The van der Waals surface area contributed by atoms with Crippen LogP contribution in [0, 0.1) is 0 Å². The average molecular weight is 408 g/mol. The van der Waals surface area contributed by atoms with Gasteiger partial charge in [0.15, 0.2) is 0 Å². The van der Waals surface area contributed by atoms with E-state index in [1.54, 1.807) is 12.1 Å². The summed E-state index contributed by atoms with van der Waals surface area (Å²) in [6, 6.07) is 14.1. The fraction of sp³-hybridized carbons (Fsp3) is 0. The molecule has 0 fully saturated rings. The van der Waals surface area contributed by atoms with Gasteiger partial charge in [-0.15, -0.1) is 11.3 Å². The third kappa shape index (κ3) is 4.16. The van der Waals surface area contributed by atoms with Crippen LogP contribution in [0.4, 0.5) is 0 Å². The van der Waals surface area contributed by atoms with Gasteiger partial charge in [0.2, 0.25) is 0 Å². The highest BCUT2D eigenvalue weighted by Crippen LogP contribution is 2.31. The van der Waals surface area contributed by atoms with Crippen molar-refractivity contribution in [3.8, 4) is 11.3 Å². The first-order chi connectivity index (χ1) is 12.4. The number of halogens is 2. The molecule has 1 amide bonds. The summed E-state index contributed by atoms with van der Waals surface area (Å²) >= 11 is 12.8. The molecule has 3 aromatic rings. The third-order valence-corrected chi connectivity index (χ3v) is 4.84. The van der Waals surface area contributed by atoms with E-state index in [0.29, 0.717) is 10.1 Å². The summed E-state index contributed by atoms with van der Waals surface area (Å²) in [6.45, 7) is 0. The van der Waals surface area contributed by atoms with Gasteiger partial charge in [0.1, 0.15) is 21.6 Å². The van der Waals surface area contributed by atoms with Gasteiger partial charge in [0.05, 0.1) is 9.90 Å². The lowest BCUT2D eigenvalue weighted by Crippen LogP contribution is -2.27. The molecule has 3 rings (SSSR count). The number of carbonyl (C=O) groups is 2. The van der Waals surface area contributed by atoms with Crippen molar-refractivity contribution in [1.29, 1.82) is 0 Å². The van der Waals surface area contributed by atoms with Crippen LogP contribution in [0.2, 0.25) is 8.67 Å². The average Bonchev–Trinajstić information content (AvgIpc) is 3.21. The van der Waals surface area contributed by atoms with Gasteiger partial charge in [-0.3, -0.25) is 4.79 Å². The zero-order valence-corrected chi connectivity index (χ0v) is 15.4. The van der Waals surface area contributed by atoms with Gasteiger partial charge >= 0.3 is 5.97 Å². The first-order valence-electron chi connectivity index (χ1n) is 7.30. The molecule has 0 radical (unpaired) electrons. The molecule has 2 aromatic heterocycles. The second kappa shape index (κ2) is 7.78. The van der Waals surface area contributed by atoms with E-state index in [1.807, 2.05) is 30.3 Å². The van der Waals surface area contributed by atoms with Crippen molar-refractivity contribution in [2.24, 2.45) is 0 Å². The number of carbonyl (C=O) groups excluding carboxylic acids is 1. The minimum Gasteiger partial charge on any atom is -0.477 e. The number of carboxylic acids is 1. The number of rotatable bonds is 5. The van der Waals surface area contributed by atoms with Gasteiger partial charge in [-0.25, -0.2) is 4.79 Å². The molecular formula is C18H11Cl2NO4S. The van der Waals surface area contributed by atoms with Crippen LogP contribution in [0.3, 0.4) is 0 Å². The maximum Gasteiger partial charge on any atom is 0.352 e. The lowest BCUT2D eigenvalue weighted by molar-refractivity contribution is -0.132. The minimum atomic E-state index is -1.31. The van der Waals surface area contributed by atoms with Crippen LogP contribution in [0.1, 0.15) is 16.1 Å². The van der Waals surface area contributed by atoms with Crippen LogP contribution in [-0.2, 0) is 4.79 Å². The van der Waals surface area contributed by atoms with Crippen molar-refractivity contribution >= 4 is 52.5 Å². The van der Waals surface area contributed by atoms with Crippen molar-refractivity contribution < 1.29 is 19.1 Å². The molecule has 0 aliphatic heterocycles. The standard InChI is InChI=1S/C18H11Cl2NO4S/c19-15-9-12(16(20)26-15)17(22)21-13(18(23)24)8-11-6-7-14(25-11)10-4-2-1-3-5-10/h1-9H,(H,21,22)(H,23,24)/b13-8-. The number of benzene rings is 1. The first-order valence-corrected chi connectivity index (χ1v) is 8.87. The van der Waals surface area contributed by atoms with E-state index >= 15 is 0 Å². The van der Waals surface area contributed by atoms with Crippen molar-refractivity contribution in [3.63, 3.8) is 0 Å². The van der Waals surface area contributed by atoms with E-state index in [4.69, 9.17) is 27.6 Å². The van der Waals surface area contributed by atoms with Crippen LogP contribution >= 0.6 is 34.5 Å². The highest BCUT2D eigenvalue weighted by atomic mass is 35.5.